The Labute approximate surface area is 225 Å². The molecule has 0 aliphatic carbocycles. The van der Waals surface area contributed by atoms with Gasteiger partial charge >= 0.3 is 5.97 Å². The third kappa shape index (κ3) is 5.23. The number of unbranched alkanes of at least 4 members (excludes halogenated alkanes) is 3. The zero-order valence-corrected chi connectivity index (χ0v) is 23.1. The first-order valence-electron chi connectivity index (χ1n) is 13.0. The lowest BCUT2D eigenvalue weighted by atomic mass is 9.71. The lowest BCUT2D eigenvalue weighted by Gasteiger charge is -2.38. The van der Waals surface area contributed by atoms with Gasteiger partial charge < -0.3 is 24.7 Å². The topological polar surface area (TPSA) is 111 Å². The number of ether oxygens (including phenoxy) is 1. The fraction of sp³-hybridized carbons (Fsp3) is 0.800. The molecule has 3 unspecified atom stereocenters. The van der Waals surface area contributed by atoms with Crippen LogP contribution in [0.1, 0.15) is 32.1 Å². The van der Waals surface area contributed by atoms with Crippen molar-refractivity contribution < 1.29 is 29.3 Å². The first-order chi connectivity index (χ1) is 17.4. The molecule has 4 rings (SSSR count). The zero-order chi connectivity index (χ0) is 25.9. The second-order valence-electron chi connectivity index (χ2n) is 10.2. The van der Waals surface area contributed by atoms with Crippen molar-refractivity contribution in [2.75, 3.05) is 59.1 Å². The molecule has 0 aromatic carbocycles. The maximum Gasteiger partial charge on any atom is 0.308 e. The fourth-order valence-corrected chi connectivity index (χ4v) is 9.99. The first kappa shape index (κ1) is 27.9. The number of aliphatic hydroxyl groups excluding tert-OH is 1. The van der Waals surface area contributed by atoms with E-state index in [1.165, 1.54) is 0 Å². The number of aliphatic hydroxyl groups is 1. The minimum Gasteiger partial charge on any atom is -0.481 e. The summed E-state index contributed by atoms with van der Waals surface area (Å²) in [6, 6.07) is -0.683. The number of alkyl halides is 1. The van der Waals surface area contributed by atoms with E-state index in [9.17, 15) is 19.5 Å². The van der Waals surface area contributed by atoms with Crippen molar-refractivity contribution in [2.24, 2.45) is 11.8 Å². The average Bonchev–Trinajstić information content (AvgIpc) is 3.45. The summed E-state index contributed by atoms with van der Waals surface area (Å²) in [4.78, 5) is 46.0. The molecule has 0 radical (unpaired) electrons. The van der Waals surface area contributed by atoms with Gasteiger partial charge in [0.2, 0.25) is 11.8 Å². The summed E-state index contributed by atoms with van der Waals surface area (Å²) in [6.07, 6.45) is 5.44. The number of halogens is 1. The Balaban J connectivity index is 1.59. The van der Waals surface area contributed by atoms with Gasteiger partial charge in [-0.1, -0.05) is 34.8 Å². The van der Waals surface area contributed by atoms with Crippen LogP contribution in [0, 0.1) is 11.8 Å². The Hall–Kier alpha value is -1.14. The molecule has 2 bridgehead atoms. The Kier molecular flexibility index (Phi) is 9.41. The molecule has 1 spiro atoms. The number of carboxylic acids is 1. The van der Waals surface area contributed by atoms with Crippen LogP contribution < -0.4 is 0 Å². The summed E-state index contributed by atoms with van der Waals surface area (Å²) >= 11 is 5.23. The Bertz CT molecular complexity index is 843. The molecule has 6 atom stereocenters. The number of carboxylic acid groups (broad SMARTS) is 1. The zero-order valence-electron chi connectivity index (χ0n) is 20.7. The van der Waals surface area contributed by atoms with E-state index < -0.39 is 28.6 Å². The molecule has 9 nitrogen and oxygen atoms in total. The Morgan fingerprint density at radius 3 is 2.61 bits per heavy atom. The second kappa shape index (κ2) is 12.1. The molecular formula is C25H38BrN3O6S. The van der Waals surface area contributed by atoms with Gasteiger partial charge in [-0.2, -0.15) is 0 Å². The number of nitrogens with zero attached hydrogens (tertiary/aromatic N) is 3. The molecule has 4 aliphatic heterocycles. The third-order valence-electron chi connectivity index (χ3n) is 8.07. The SMILES string of the molecule is C=CCN(CCN1CCOCC1)C(=O)C1N(CCCCCCO)C(=O)[C@@H]2[C@H](C(=O)O)[C@H]3SC12CC3Br. The Morgan fingerprint density at radius 2 is 1.94 bits per heavy atom. The van der Waals surface area contributed by atoms with Gasteiger partial charge in [-0.05, 0) is 19.3 Å². The van der Waals surface area contributed by atoms with Crippen molar-refractivity contribution in [2.45, 2.75) is 53.0 Å². The van der Waals surface area contributed by atoms with E-state index in [1.807, 2.05) is 0 Å². The van der Waals surface area contributed by atoms with Crippen LogP contribution in [0.25, 0.3) is 0 Å². The van der Waals surface area contributed by atoms with Crippen molar-refractivity contribution >= 4 is 45.5 Å². The van der Waals surface area contributed by atoms with Crippen LogP contribution in [0.2, 0.25) is 0 Å². The van der Waals surface area contributed by atoms with Crippen LogP contribution in [-0.2, 0) is 19.1 Å². The van der Waals surface area contributed by atoms with E-state index in [4.69, 9.17) is 9.84 Å². The van der Waals surface area contributed by atoms with E-state index in [0.717, 1.165) is 38.9 Å². The molecule has 2 amide bonds. The second-order valence-corrected chi connectivity index (χ2v) is 12.9. The van der Waals surface area contributed by atoms with Crippen LogP contribution in [0.3, 0.4) is 0 Å². The maximum atomic E-state index is 14.2. The monoisotopic (exact) mass is 587 g/mol. The average molecular weight is 589 g/mol. The van der Waals surface area contributed by atoms with Crippen molar-refractivity contribution in [3.8, 4) is 0 Å². The number of carbonyl (C=O) groups is 3. The largest absolute Gasteiger partial charge is 0.481 e. The molecule has 0 aromatic heterocycles. The van der Waals surface area contributed by atoms with E-state index in [0.29, 0.717) is 45.7 Å². The van der Waals surface area contributed by atoms with Crippen LogP contribution in [-0.4, -0.2) is 123 Å². The highest BCUT2D eigenvalue weighted by Crippen LogP contribution is 2.67. The van der Waals surface area contributed by atoms with E-state index in [2.05, 4.69) is 27.4 Å². The first-order valence-corrected chi connectivity index (χ1v) is 14.8. The number of carbonyl (C=O) groups excluding carboxylic acids is 2. The van der Waals surface area contributed by atoms with Gasteiger partial charge in [0.05, 0.1) is 29.8 Å². The van der Waals surface area contributed by atoms with Gasteiger partial charge in [0.25, 0.3) is 0 Å². The number of thioether (sulfide) groups is 1. The van der Waals surface area contributed by atoms with Gasteiger partial charge in [0, 0.05) is 56.0 Å². The molecule has 2 N–H and O–H groups in total. The normalized spacial score (nSPS) is 33.7. The van der Waals surface area contributed by atoms with Gasteiger partial charge in [-0.15, -0.1) is 18.3 Å². The molecule has 4 heterocycles. The molecule has 4 saturated heterocycles. The predicted molar refractivity (Wildman–Crippen MR) is 141 cm³/mol. The smallest absolute Gasteiger partial charge is 0.308 e. The van der Waals surface area contributed by atoms with E-state index in [-0.39, 0.29) is 28.5 Å². The molecule has 4 aliphatic rings. The number of amides is 2. The summed E-state index contributed by atoms with van der Waals surface area (Å²) in [5.74, 6) is -2.73. The molecule has 0 saturated carbocycles. The number of aliphatic carboxylic acids is 1. The van der Waals surface area contributed by atoms with Crippen molar-refractivity contribution in [3.05, 3.63) is 12.7 Å². The number of morpholine rings is 1. The molecule has 11 heteroatoms. The van der Waals surface area contributed by atoms with Gasteiger partial charge in [-0.3, -0.25) is 19.3 Å². The van der Waals surface area contributed by atoms with Gasteiger partial charge in [0.1, 0.15) is 6.04 Å². The molecule has 36 heavy (non-hydrogen) atoms. The summed E-state index contributed by atoms with van der Waals surface area (Å²) < 4.78 is 4.70. The van der Waals surface area contributed by atoms with Crippen molar-refractivity contribution in [1.29, 1.82) is 0 Å². The molecule has 0 aromatic rings. The minimum atomic E-state index is -0.955. The summed E-state index contributed by atoms with van der Waals surface area (Å²) in [7, 11) is 0. The summed E-state index contributed by atoms with van der Waals surface area (Å²) in [6.45, 7) is 9.06. The number of hydrogen-bond acceptors (Lipinski definition) is 7. The predicted octanol–water partition coefficient (Wildman–Crippen LogP) is 1.44. The van der Waals surface area contributed by atoms with Gasteiger partial charge in [0.15, 0.2) is 0 Å². The minimum absolute atomic E-state index is 0.0475. The summed E-state index contributed by atoms with van der Waals surface area (Å²) in [5.41, 5.74) is 0. The van der Waals surface area contributed by atoms with Crippen LogP contribution in [0.15, 0.2) is 12.7 Å². The van der Waals surface area contributed by atoms with Crippen molar-refractivity contribution in [1.82, 2.24) is 14.7 Å². The standard InChI is InChI=1S/C25H38BrN3O6S/c1-2-7-28(10-9-27-11-14-35-15-12-27)23(32)21-25-16-17(26)20(36-25)18(24(33)34)19(25)22(31)29(21)8-5-3-4-6-13-30/h2,17-21,30H,1,3-16H2,(H,33,34)/t17?,18-,19-,20-,21?,25?/m0/s1. The molecule has 4 fully saturated rings. The highest BCUT2D eigenvalue weighted by Gasteiger charge is 2.75. The number of hydrogen-bond donors (Lipinski definition) is 2. The van der Waals surface area contributed by atoms with Crippen LogP contribution >= 0.6 is 27.7 Å². The number of likely N-dealkylation sites (tertiary alicyclic amines) is 1. The maximum absolute atomic E-state index is 14.2. The lowest BCUT2D eigenvalue weighted by Crippen LogP contribution is -2.56. The van der Waals surface area contributed by atoms with Crippen LogP contribution in [0.4, 0.5) is 0 Å². The molecule has 202 valence electrons. The number of rotatable bonds is 13. The van der Waals surface area contributed by atoms with Gasteiger partial charge in [-0.25, -0.2) is 0 Å². The number of fused-ring (bicyclic) bond motifs is 1. The summed E-state index contributed by atoms with van der Waals surface area (Å²) in [5, 5.41) is 18.9. The third-order valence-corrected chi connectivity index (χ3v) is 11.3. The van der Waals surface area contributed by atoms with E-state index in [1.54, 1.807) is 27.6 Å². The fourth-order valence-electron chi connectivity index (χ4n) is 6.39. The van der Waals surface area contributed by atoms with Crippen molar-refractivity contribution in [3.63, 3.8) is 0 Å². The lowest BCUT2D eigenvalue weighted by molar-refractivity contribution is -0.148. The van der Waals surface area contributed by atoms with Crippen LogP contribution in [0.5, 0.6) is 0 Å². The Morgan fingerprint density at radius 1 is 1.22 bits per heavy atom. The highest BCUT2D eigenvalue weighted by atomic mass is 79.9. The van der Waals surface area contributed by atoms with E-state index >= 15 is 0 Å². The highest BCUT2D eigenvalue weighted by molar-refractivity contribution is 9.09. The quantitative estimate of drug-likeness (QED) is 0.189. The molecular weight excluding hydrogens is 550 g/mol.